The molecule has 4 rings (SSSR count). The van der Waals surface area contributed by atoms with Gasteiger partial charge >= 0.3 is 0 Å². The standard InChI is InChI=1S/C18H13Cl2N5OS/c1-24-17(13-4-2-3-5-14(13)20)22-23-18(24)27-10-12-8-16(26)25-9-11(19)6-7-15(25)21-12/h2-9H,10H2,1H3. The first-order valence-corrected chi connectivity index (χ1v) is 9.72. The number of nitrogens with zero attached hydrogens (tertiary/aromatic N) is 5. The first-order valence-electron chi connectivity index (χ1n) is 7.98. The zero-order chi connectivity index (χ0) is 19.0. The Balaban J connectivity index is 1.60. The molecule has 3 heterocycles. The van der Waals surface area contributed by atoms with Crippen molar-refractivity contribution in [2.75, 3.05) is 0 Å². The van der Waals surface area contributed by atoms with Crippen molar-refractivity contribution in [1.82, 2.24) is 24.1 Å². The number of thioether (sulfide) groups is 1. The fraction of sp³-hybridized carbons (Fsp3) is 0.111. The van der Waals surface area contributed by atoms with E-state index in [4.69, 9.17) is 23.2 Å². The molecule has 0 aliphatic heterocycles. The van der Waals surface area contributed by atoms with Crippen LogP contribution in [0.5, 0.6) is 0 Å². The lowest BCUT2D eigenvalue weighted by Crippen LogP contribution is -2.15. The van der Waals surface area contributed by atoms with Crippen molar-refractivity contribution in [2.24, 2.45) is 7.05 Å². The summed E-state index contributed by atoms with van der Waals surface area (Å²) in [5.74, 6) is 1.17. The minimum absolute atomic E-state index is 0.173. The van der Waals surface area contributed by atoms with Gasteiger partial charge in [-0.25, -0.2) is 4.98 Å². The SMILES string of the molecule is Cn1c(SCc2cc(=O)n3cc(Cl)ccc3n2)nnc1-c1ccccc1Cl. The highest BCUT2D eigenvalue weighted by Crippen LogP contribution is 2.29. The van der Waals surface area contributed by atoms with Crippen molar-refractivity contribution in [1.29, 1.82) is 0 Å². The molecule has 0 fully saturated rings. The molecule has 0 aliphatic rings. The summed E-state index contributed by atoms with van der Waals surface area (Å²) in [7, 11) is 1.88. The Bertz CT molecular complexity index is 1200. The lowest BCUT2D eigenvalue weighted by molar-refractivity contribution is 0.793. The third kappa shape index (κ3) is 3.58. The van der Waals surface area contributed by atoms with Crippen LogP contribution in [-0.4, -0.2) is 24.1 Å². The highest BCUT2D eigenvalue weighted by Gasteiger charge is 2.14. The maximum atomic E-state index is 12.3. The molecule has 0 spiro atoms. The molecule has 27 heavy (non-hydrogen) atoms. The summed E-state index contributed by atoms with van der Waals surface area (Å²) in [5.41, 5.74) is 1.86. The first kappa shape index (κ1) is 18.0. The van der Waals surface area contributed by atoms with Crippen LogP contribution in [-0.2, 0) is 12.8 Å². The molecule has 9 heteroatoms. The van der Waals surface area contributed by atoms with Crippen LogP contribution in [0.2, 0.25) is 10.0 Å². The Morgan fingerprint density at radius 3 is 2.74 bits per heavy atom. The van der Waals surface area contributed by atoms with E-state index in [1.54, 1.807) is 18.3 Å². The summed E-state index contributed by atoms with van der Waals surface area (Å²) >= 11 is 13.6. The average Bonchev–Trinajstić information content (AvgIpc) is 3.01. The summed E-state index contributed by atoms with van der Waals surface area (Å²) in [6.07, 6.45) is 1.56. The number of fused-ring (bicyclic) bond motifs is 1. The fourth-order valence-electron chi connectivity index (χ4n) is 2.66. The summed E-state index contributed by atoms with van der Waals surface area (Å²) in [4.78, 5) is 16.8. The van der Waals surface area contributed by atoms with Gasteiger partial charge in [-0.05, 0) is 24.3 Å². The molecular weight excluding hydrogens is 405 g/mol. The lowest BCUT2D eigenvalue weighted by Gasteiger charge is -2.06. The number of aromatic nitrogens is 5. The molecule has 0 N–H and O–H groups in total. The number of pyridine rings is 1. The van der Waals surface area contributed by atoms with E-state index in [1.165, 1.54) is 22.2 Å². The normalized spacial score (nSPS) is 11.2. The summed E-state index contributed by atoms with van der Waals surface area (Å²) in [6, 6.07) is 12.4. The Kier molecular flexibility index (Phi) is 4.90. The predicted octanol–water partition coefficient (Wildman–Crippen LogP) is 4.09. The predicted molar refractivity (Wildman–Crippen MR) is 107 cm³/mol. The van der Waals surface area contributed by atoms with Crippen LogP contribution in [0.15, 0.2) is 58.6 Å². The summed E-state index contributed by atoms with van der Waals surface area (Å²) < 4.78 is 3.30. The highest BCUT2D eigenvalue weighted by molar-refractivity contribution is 7.98. The van der Waals surface area contributed by atoms with E-state index >= 15 is 0 Å². The first-order chi connectivity index (χ1) is 13.0. The Labute approximate surface area is 168 Å². The van der Waals surface area contributed by atoms with Crippen molar-refractivity contribution >= 4 is 40.6 Å². The van der Waals surface area contributed by atoms with E-state index in [0.717, 1.165) is 5.56 Å². The van der Waals surface area contributed by atoms with Crippen LogP contribution in [0.25, 0.3) is 17.0 Å². The molecule has 0 unspecified atom stereocenters. The van der Waals surface area contributed by atoms with Crippen molar-refractivity contribution in [2.45, 2.75) is 10.9 Å². The lowest BCUT2D eigenvalue weighted by atomic mass is 10.2. The van der Waals surface area contributed by atoms with Gasteiger partial charge in [-0.3, -0.25) is 9.20 Å². The molecule has 4 aromatic rings. The van der Waals surface area contributed by atoms with Gasteiger partial charge in [-0.2, -0.15) is 0 Å². The smallest absolute Gasteiger partial charge is 0.258 e. The molecule has 0 radical (unpaired) electrons. The second-order valence-electron chi connectivity index (χ2n) is 5.79. The van der Waals surface area contributed by atoms with Crippen LogP contribution in [0.4, 0.5) is 0 Å². The van der Waals surface area contributed by atoms with Gasteiger partial charge in [0.25, 0.3) is 5.56 Å². The molecule has 0 amide bonds. The highest BCUT2D eigenvalue weighted by atomic mass is 35.5. The Morgan fingerprint density at radius 2 is 1.93 bits per heavy atom. The van der Waals surface area contributed by atoms with Gasteiger partial charge in [0, 0.05) is 30.6 Å². The summed E-state index contributed by atoms with van der Waals surface area (Å²) in [5, 5.41) is 10.3. The third-order valence-corrected chi connectivity index (χ3v) is 5.58. The van der Waals surface area contributed by atoms with E-state index in [1.807, 2.05) is 35.9 Å². The van der Waals surface area contributed by atoms with Gasteiger partial charge in [-0.1, -0.05) is 47.1 Å². The van der Waals surface area contributed by atoms with Gasteiger partial charge in [0.2, 0.25) is 0 Å². The molecule has 0 saturated heterocycles. The zero-order valence-electron chi connectivity index (χ0n) is 14.1. The van der Waals surface area contributed by atoms with Crippen molar-refractivity contribution in [3.63, 3.8) is 0 Å². The van der Waals surface area contributed by atoms with E-state index in [2.05, 4.69) is 15.2 Å². The third-order valence-electron chi connectivity index (χ3n) is 3.98. The molecule has 3 aromatic heterocycles. The van der Waals surface area contributed by atoms with Crippen LogP contribution >= 0.6 is 35.0 Å². The molecule has 0 saturated carbocycles. The monoisotopic (exact) mass is 417 g/mol. The number of halogens is 2. The molecule has 0 atom stereocenters. The van der Waals surface area contributed by atoms with Crippen LogP contribution in [0, 0.1) is 0 Å². The second kappa shape index (κ2) is 7.34. The van der Waals surface area contributed by atoms with Crippen molar-refractivity contribution in [3.05, 3.63) is 74.8 Å². The maximum absolute atomic E-state index is 12.3. The van der Waals surface area contributed by atoms with E-state index in [0.29, 0.717) is 38.1 Å². The van der Waals surface area contributed by atoms with Crippen LogP contribution < -0.4 is 5.56 Å². The molecule has 0 bridgehead atoms. The van der Waals surface area contributed by atoms with Gasteiger partial charge in [0.15, 0.2) is 11.0 Å². The van der Waals surface area contributed by atoms with Crippen molar-refractivity contribution < 1.29 is 0 Å². The molecular formula is C18H13Cl2N5OS. The topological polar surface area (TPSA) is 65.1 Å². The van der Waals surface area contributed by atoms with E-state index in [-0.39, 0.29) is 5.56 Å². The van der Waals surface area contributed by atoms with E-state index < -0.39 is 0 Å². The number of hydrogen-bond donors (Lipinski definition) is 0. The van der Waals surface area contributed by atoms with Gasteiger partial charge in [0.1, 0.15) is 5.65 Å². The minimum atomic E-state index is -0.173. The Hall–Kier alpha value is -2.35. The van der Waals surface area contributed by atoms with Gasteiger partial charge in [-0.15, -0.1) is 10.2 Å². The van der Waals surface area contributed by atoms with E-state index in [9.17, 15) is 4.79 Å². The molecule has 136 valence electrons. The number of rotatable bonds is 4. The van der Waals surface area contributed by atoms with Gasteiger partial charge in [0.05, 0.1) is 15.7 Å². The summed E-state index contributed by atoms with van der Waals surface area (Å²) in [6.45, 7) is 0. The molecule has 1 aromatic carbocycles. The quantitative estimate of drug-likeness (QED) is 0.467. The zero-order valence-corrected chi connectivity index (χ0v) is 16.5. The van der Waals surface area contributed by atoms with Crippen LogP contribution in [0.1, 0.15) is 5.69 Å². The second-order valence-corrected chi connectivity index (χ2v) is 7.58. The average molecular weight is 418 g/mol. The fourth-order valence-corrected chi connectivity index (χ4v) is 3.84. The largest absolute Gasteiger partial charge is 0.305 e. The molecule has 6 nitrogen and oxygen atoms in total. The number of benzene rings is 1. The maximum Gasteiger partial charge on any atom is 0.258 e. The number of hydrogen-bond acceptors (Lipinski definition) is 5. The molecule has 0 aliphatic carbocycles. The van der Waals surface area contributed by atoms with Crippen molar-refractivity contribution in [3.8, 4) is 11.4 Å². The van der Waals surface area contributed by atoms with Crippen LogP contribution in [0.3, 0.4) is 0 Å². The Morgan fingerprint density at radius 1 is 1.11 bits per heavy atom. The minimum Gasteiger partial charge on any atom is -0.305 e. The van der Waals surface area contributed by atoms with Gasteiger partial charge < -0.3 is 4.57 Å².